The number of rotatable bonds is 5. The van der Waals surface area contributed by atoms with E-state index in [2.05, 4.69) is 4.98 Å². The SMILES string of the molecule is COc1ccc(OC)c(C(N)Cc2ncccc2C)c1. The van der Waals surface area contributed by atoms with E-state index in [0.717, 1.165) is 28.3 Å². The minimum atomic E-state index is -0.186. The lowest BCUT2D eigenvalue weighted by Crippen LogP contribution is -2.16. The molecule has 4 nitrogen and oxygen atoms in total. The molecule has 2 aromatic rings. The number of hydrogen-bond donors (Lipinski definition) is 1. The number of pyridine rings is 1. The van der Waals surface area contributed by atoms with Gasteiger partial charge < -0.3 is 15.2 Å². The monoisotopic (exact) mass is 272 g/mol. The van der Waals surface area contributed by atoms with Crippen LogP contribution in [0, 0.1) is 6.92 Å². The van der Waals surface area contributed by atoms with Gasteiger partial charge in [0.15, 0.2) is 0 Å². The maximum Gasteiger partial charge on any atom is 0.123 e. The van der Waals surface area contributed by atoms with E-state index in [4.69, 9.17) is 15.2 Å². The summed E-state index contributed by atoms with van der Waals surface area (Å²) in [6.45, 7) is 2.04. The van der Waals surface area contributed by atoms with Crippen molar-refractivity contribution in [2.45, 2.75) is 19.4 Å². The maximum atomic E-state index is 6.32. The number of methoxy groups -OCH3 is 2. The molecule has 1 aromatic heterocycles. The fourth-order valence-corrected chi connectivity index (χ4v) is 2.18. The average Bonchev–Trinajstić information content (AvgIpc) is 2.48. The minimum absolute atomic E-state index is 0.186. The summed E-state index contributed by atoms with van der Waals surface area (Å²) in [5.74, 6) is 1.54. The molecule has 0 saturated carbocycles. The summed E-state index contributed by atoms with van der Waals surface area (Å²) in [6.07, 6.45) is 2.45. The molecule has 1 aromatic carbocycles. The van der Waals surface area contributed by atoms with Crippen molar-refractivity contribution in [3.8, 4) is 11.5 Å². The number of hydrogen-bond acceptors (Lipinski definition) is 4. The van der Waals surface area contributed by atoms with Gasteiger partial charge in [-0.1, -0.05) is 6.07 Å². The Morgan fingerprint density at radius 1 is 1.20 bits per heavy atom. The number of aromatic nitrogens is 1. The van der Waals surface area contributed by atoms with E-state index in [0.29, 0.717) is 6.42 Å². The van der Waals surface area contributed by atoms with Crippen LogP contribution in [0.25, 0.3) is 0 Å². The van der Waals surface area contributed by atoms with Crippen LogP contribution in [0.3, 0.4) is 0 Å². The van der Waals surface area contributed by atoms with Gasteiger partial charge in [-0.2, -0.15) is 0 Å². The van der Waals surface area contributed by atoms with Gasteiger partial charge in [0.2, 0.25) is 0 Å². The third-order valence-corrected chi connectivity index (χ3v) is 3.37. The molecular formula is C16H20N2O2. The van der Waals surface area contributed by atoms with Crippen molar-refractivity contribution in [2.75, 3.05) is 14.2 Å². The van der Waals surface area contributed by atoms with E-state index in [1.54, 1.807) is 20.4 Å². The van der Waals surface area contributed by atoms with Crippen LogP contribution in [-0.4, -0.2) is 19.2 Å². The summed E-state index contributed by atoms with van der Waals surface area (Å²) < 4.78 is 10.6. The molecule has 2 rings (SSSR count). The molecule has 0 amide bonds. The van der Waals surface area contributed by atoms with Crippen molar-refractivity contribution in [3.63, 3.8) is 0 Å². The fourth-order valence-electron chi connectivity index (χ4n) is 2.18. The molecule has 1 heterocycles. The zero-order valence-corrected chi connectivity index (χ0v) is 12.1. The van der Waals surface area contributed by atoms with Crippen LogP contribution in [0.1, 0.15) is 22.9 Å². The summed E-state index contributed by atoms with van der Waals surface area (Å²) in [5.41, 5.74) is 9.40. The van der Waals surface area contributed by atoms with Gasteiger partial charge in [-0.3, -0.25) is 4.98 Å². The highest BCUT2D eigenvalue weighted by Gasteiger charge is 2.15. The standard InChI is InChI=1S/C16H20N2O2/c1-11-5-4-8-18-15(11)10-14(17)13-9-12(19-2)6-7-16(13)20-3/h4-9,14H,10,17H2,1-3H3. The van der Waals surface area contributed by atoms with Gasteiger partial charge in [-0.25, -0.2) is 0 Å². The Morgan fingerprint density at radius 2 is 2.00 bits per heavy atom. The summed E-state index contributed by atoms with van der Waals surface area (Å²) in [5, 5.41) is 0. The molecule has 1 atom stereocenters. The summed E-state index contributed by atoms with van der Waals surface area (Å²) in [7, 11) is 3.28. The van der Waals surface area contributed by atoms with Crippen molar-refractivity contribution >= 4 is 0 Å². The molecule has 0 saturated heterocycles. The summed E-state index contributed by atoms with van der Waals surface area (Å²) >= 11 is 0. The molecule has 0 aliphatic carbocycles. The number of nitrogens with zero attached hydrogens (tertiary/aromatic N) is 1. The first-order valence-corrected chi connectivity index (χ1v) is 6.53. The lowest BCUT2D eigenvalue weighted by atomic mass is 9.99. The smallest absolute Gasteiger partial charge is 0.123 e. The zero-order valence-electron chi connectivity index (χ0n) is 12.1. The minimum Gasteiger partial charge on any atom is -0.497 e. The van der Waals surface area contributed by atoms with Crippen molar-refractivity contribution < 1.29 is 9.47 Å². The Bertz CT molecular complexity index is 584. The topological polar surface area (TPSA) is 57.4 Å². The molecule has 0 aliphatic heterocycles. The van der Waals surface area contributed by atoms with Crippen molar-refractivity contribution in [1.29, 1.82) is 0 Å². The fraction of sp³-hybridized carbons (Fsp3) is 0.312. The van der Waals surface area contributed by atoms with E-state index >= 15 is 0 Å². The van der Waals surface area contributed by atoms with E-state index in [1.165, 1.54) is 0 Å². The molecular weight excluding hydrogens is 252 g/mol. The third-order valence-electron chi connectivity index (χ3n) is 3.37. The predicted octanol–water partition coefficient (Wildman–Crippen LogP) is 2.65. The molecule has 0 aliphatic rings. The predicted molar refractivity (Wildman–Crippen MR) is 79.2 cm³/mol. The molecule has 106 valence electrons. The van der Waals surface area contributed by atoms with Crippen LogP contribution in [0.2, 0.25) is 0 Å². The van der Waals surface area contributed by atoms with Crippen LogP contribution in [-0.2, 0) is 6.42 Å². The Labute approximate surface area is 119 Å². The highest BCUT2D eigenvalue weighted by atomic mass is 16.5. The first kappa shape index (κ1) is 14.3. The van der Waals surface area contributed by atoms with Crippen molar-refractivity contribution in [2.24, 2.45) is 5.73 Å². The molecule has 0 bridgehead atoms. The first-order valence-electron chi connectivity index (χ1n) is 6.53. The Kier molecular flexibility index (Phi) is 4.58. The summed E-state index contributed by atoms with van der Waals surface area (Å²) in [4.78, 5) is 4.39. The third kappa shape index (κ3) is 3.08. The van der Waals surface area contributed by atoms with Gasteiger partial charge >= 0.3 is 0 Å². The maximum absolute atomic E-state index is 6.32. The van der Waals surface area contributed by atoms with Gasteiger partial charge in [0, 0.05) is 29.9 Å². The number of benzene rings is 1. The number of aryl methyl sites for hydroxylation is 1. The highest BCUT2D eigenvalue weighted by Crippen LogP contribution is 2.30. The zero-order chi connectivity index (χ0) is 14.5. The Balaban J connectivity index is 2.28. The van der Waals surface area contributed by atoms with Gasteiger partial charge in [-0.05, 0) is 36.8 Å². The average molecular weight is 272 g/mol. The van der Waals surface area contributed by atoms with Crippen LogP contribution in [0.4, 0.5) is 0 Å². The normalized spacial score (nSPS) is 12.0. The van der Waals surface area contributed by atoms with Gasteiger partial charge in [0.05, 0.1) is 14.2 Å². The second-order valence-electron chi connectivity index (χ2n) is 4.69. The second kappa shape index (κ2) is 6.39. The van der Waals surface area contributed by atoms with Crippen LogP contribution < -0.4 is 15.2 Å². The quantitative estimate of drug-likeness (QED) is 0.909. The first-order chi connectivity index (χ1) is 9.65. The van der Waals surface area contributed by atoms with Crippen LogP contribution in [0.5, 0.6) is 11.5 Å². The lowest BCUT2D eigenvalue weighted by Gasteiger charge is -2.17. The second-order valence-corrected chi connectivity index (χ2v) is 4.69. The van der Waals surface area contributed by atoms with Crippen LogP contribution >= 0.6 is 0 Å². The molecule has 0 radical (unpaired) electrons. The van der Waals surface area contributed by atoms with Crippen LogP contribution in [0.15, 0.2) is 36.5 Å². The molecule has 20 heavy (non-hydrogen) atoms. The van der Waals surface area contributed by atoms with E-state index in [-0.39, 0.29) is 6.04 Å². The lowest BCUT2D eigenvalue weighted by molar-refractivity contribution is 0.395. The molecule has 4 heteroatoms. The highest BCUT2D eigenvalue weighted by molar-refractivity contribution is 5.42. The van der Waals surface area contributed by atoms with E-state index in [9.17, 15) is 0 Å². The largest absolute Gasteiger partial charge is 0.497 e. The van der Waals surface area contributed by atoms with Gasteiger partial charge in [-0.15, -0.1) is 0 Å². The summed E-state index contributed by atoms with van der Waals surface area (Å²) in [6, 6.07) is 9.44. The number of nitrogens with two attached hydrogens (primary N) is 1. The molecule has 0 spiro atoms. The van der Waals surface area contributed by atoms with E-state index in [1.807, 2.05) is 37.3 Å². The molecule has 0 fully saturated rings. The molecule has 2 N–H and O–H groups in total. The Hall–Kier alpha value is -2.07. The van der Waals surface area contributed by atoms with Crippen molar-refractivity contribution in [3.05, 3.63) is 53.3 Å². The van der Waals surface area contributed by atoms with Crippen molar-refractivity contribution in [1.82, 2.24) is 4.98 Å². The van der Waals surface area contributed by atoms with E-state index < -0.39 is 0 Å². The number of ether oxygens (including phenoxy) is 2. The van der Waals surface area contributed by atoms with Gasteiger partial charge in [0.1, 0.15) is 11.5 Å². The molecule has 1 unspecified atom stereocenters. The Morgan fingerprint density at radius 3 is 2.65 bits per heavy atom. The van der Waals surface area contributed by atoms with Gasteiger partial charge in [0.25, 0.3) is 0 Å².